The highest BCUT2D eigenvalue weighted by Crippen LogP contribution is 1.87. The molecular formula is C8H27IO7P2S3. The highest BCUT2D eigenvalue weighted by atomic mass is 127. The van der Waals surface area contributed by atoms with Gasteiger partial charge in [0, 0.05) is 43.5 Å². The molecule has 0 saturated heterocycles. The number of carbonyl (C=O) groups is 2. The van der Waals surface area contributed by atoms with Gasteiger partial charge < -0.3 is 24.4 Å². The number of rotatable bonds is 0. The van der Waals surface area contributed by atoms with Gasteiger partial charge in [-0.1, -0.05) is 28.9 Å². The highest BCUT2D eigenvalue weighted by molar-refractivity contribution is 14.2. The Hall–Kier alpha value is 1.04. The molecule has 136 valence electrons. The molecule has 0 heterocycles. The van der Waals surface area contributed by atoms with Crippen LogP contribution in [0.25, 0.3) is 0 Å². The summed E-state index contributed by atoms with van der Waals surface area (Å²) in [5.74, 6) is -0.245. The van der Waals surface area contributed by atoms with Crippen LogP contribution >= 0.6 is 52.3 Å². The topological polar surface area (TPSA) is 102 Å². The SMILES string of the molecule is CO.CO.COC(=O)OC.COC(C)=O.P.PI.S.S=S. The van der Waals surface area contributed by atoms with E-state index in [1.165, 1.54) is 28.3 Å². The van der Waals surface area contributed by atoms with E-state index in [1.54, 1.807) is 0 Å². The van der Waals surface area contributed by atoms with Gasteiger partial charge in [-0.3, -0.25) is 4.79 Å². The van der Waals surface area contributed by atoms with Gasteiger partial charge in [-0.2, -0.15) is 23.4 Å². The zero-order valence-electron chi connectivity index (χ0n) is 12.9. The number of halogens is 1. The lowest BCUT2D eigenvalue weighted by molar-refractivity contribution is -0.137. The van der Waals surface area contributed by atoms with Crippen molar-refractivity contribution in [1.82, 2.24) is 0 Å². The summed E-state index contributed by atoms with van der Waals surface area (Å²) >= 11 is 9.40. The summed E-state index contributed by atoms with van der Waals surface area (Å²) in [5, 5.41) is 14.0. The third-order valence-electron chi connectivity index (χ3n) is 0.621. The van der Waals surface area contributed by atoms with E-state index in [-0.39, 0.29) is 29.4 Å². The Morgan fingerprint density at radius 3 is 1.05 bits per heavy atom. The molecule has 0 radical (unpaired) electrons. The fraction of sp³-hybridized carbons (Fsp3) is 0.750. The van der Waals surface area contributed by atoms with Gasteiger partial charge in [0.25, 0.3) is 0 Å². The predicted octanol–water partition coefficient (Wildman–Crippen LogP) is 1.17. The summed E-state index contributed by atoms with van der Waals surface area (Å²) in [6.07, 6.45) is -0.657. The summed E-state index contributed by atoms with van der Waals surface area (Å²) in [6.45, 7) is 3.75. The summed E-state index contributed by atoms with van der Waals surface area (Å²) in [6, 6.07) is 0. The van der Waals surface area contributed by atoms with Crippen molar-refractivity contribution in [3.63, 3.8) is 0 Å². The lowest BCUT2D eigenvalue weighted by Crippen LogP contribution is -1.97. The number of methoxy groups -OCH3 is 3. The number of esters is 1. The molecule has 2 atom stereocenters. The average Bonchev–Trinajstić information content (AvgIpc) is 2.54. The van der Waals surface area contributed by atoms with E-state index < -0.39 is 6.16 Å². The first-order valence-electron chi connectivity index (χ1n) is 4.02. The first kappa shape index (κ1) is 49.5. The molecule has 0 fully saturated rings. The molecule has 2 N–H and O–H groups in total. The Bertz CT molecular complexity index is 156. The minimum absolute atomic E-state index is 0. The highest BCUT2D eigenvalue weighted by Gasteiger charge is 1.88. The number of hydrogen-bond acceptors (Lipinski definition) is 9. The molecule has 21 heavy (non-hydrogen) atoms. The maximum absolute atomic E-state index is 9.74. The average molecular weight is 520 g/mol. The molecule has 0 rings (SSSR count). The smallest absolute Gasteiger partial charge is 0.469 e. The molecule has 0 bridgehead atoms. The van der Waals surface area contributed by atoms with Gasteiger partial charge in [0.1, 0.15) is 0 Å². The first-order valence-corrected chi connectivity index (χ1v) is 9.53. The van der Waals surface area contributed by atoms with Crippen LogP contribution in [-0.4, -0.2) is 57.9 Å². The fourth-order valence-electron chi connectivity index (χ4n) is 0.0833. The zero-order chi connectivity index (χ0) is 17.3. The molecule has 0 spiro atoms. The van der Waals surface area contributed by atoms with E-state index in [1.807, 2.05) is 0 Å². The van der Waals surface area contributed by atoms with Crippen molar-refractivity contribution in [3.05, 3.63) is 0 Å². The molecular weight excluding hydrogens is 493 g/mol. The monoisotopic (exact) mass is 520 g/mol. The summed E-state index contributed by atoms with van der Waals surface area (Å²) in [5.41, 5.74) is 0. The van der Waals surface area contributed by atoms with Gasteiger partial charge in [-0.25, -0.2) is 4.79 Å². The van der Waals surface area contributed by atoms with Crippen molar-refractivity contribution in [1.29, 1.82) is 0 Å². The molecule has 2 unspecified atom stereocenters. The van der Waals surface area contributed by atoms with Gasteiger partial charge in [0.15, 0.2) is 0 Å². The molecule has 0 aromatic rings. The van der Waals surface area contributed by atoms with Gasteiger partial charge in [-0.05, 0) is 0 Å². The van der Waals surface area contributed by atoms with Crippen molar-refractivity contribution >= 4 is 86.8 Å². The number of aliphatic hydroxyl groups is 2. The van der Waals surface area contributed by atoms with Gasteiger partial charge >= 0.3 is 12.1 Å². The Balaban J connectivity index is -0.0000000172. The van der Waals surface area contributed by atoms with Crippen LogP contribution in [0.1, 0.15) is 6.92 Å². The molecule has 0 aromatic carbocycles. The maximum Gasteiger partial charge on any atom is 0.507 e. The lowest BCUT2D eigenvalue weighted by Gasteiger charge is -1.89. The van der Waals surface area contributed by atoms with Crippen LogP contribution in [0.5, 0.6) is 0 Å². The number of carbonyl (C=O) groups excluding carboxylic acids is 2. The van der Waals surface area contributed by atoms with Crippen LogP contribution in [0.4, 0.5) is 4.79 Å². The van der Waals surface area contributed by atoms with E-state index in [9.17, 15) is 9.59 Å². The molecule has 0 aromatic heterocycles. The number of ether oxygens (including phenoxy) is 3. The molecule has 0 aliphatic heterocycles. The predicted molar refractivity (Wildman–Crippen MR) is 113 cm³/mol. The largest absolute Gasteiger partial charge is 0.507 e. The van der Waals surface area contributed by atoms with Gasteiger partial charge in [0.2, 0.25) is 0 Å². The number of aliphatic hydroxyl groups excluding tert-OH is 2. The van der Waals surface area contributed by atoms with Gasteiger partial charge in [0.05, 0.1) is 21.3 Å². The van der Waals surface area contributed by atoms with E-state index in [0.717, 1.165) is 14.2 Å². The summed E-state index contributed by atoms with van der Waals surface area (Å²) in [7, 11) is 5.86. The van der Waals surface area contributed by atoms with Crippen molar-refractivity contribution in [3.8, 4) is 0 Å². The minimum atomic E-state index is -0.657. The quantitative estimate of drug-likeness (QED) is 0.277. The second-order valence-corrected chi connectivity index (χ2v) is 1.35. The van der Waals surface area contributed by atoms with Gasteiger partial charge in [-0.15, -0.1) is 0 Å². The fourth-order valence-corrected chi connectivity index (χ4v) is 0.0833. The second kappa shape index (κ2) is 83.8. The third-order valence-corrected chi connectivity index (χ3v) is 0.621. The van der Waals surface area contributed by atoms with E-state index in [2.05, 4.69) is 65.5 Å². The Morgan fingerprint density at radius 1 is 0.905 bits per heavy atom. The van der Waals surface area contributed by atoms with E-state index in [0.29, 0.717) is 0 Å². The Kier molecular flexibility index (Phi) is 198. The maximum atomic E-state index is 9.74. The second-order valence-electron chi connectivity index (χ2n) is 1.35. The molecule has 0 aliphatic rings. The standard InChI is InChI=1S/C3H6O3.C3H6O2.2CH4O.H2IP.H3P.S2.H2S/c1-5-3(4)6-2;1-3(4)5-2;3*1-2;;1-2;/h1-2H3;1-2H3;2*2H,1H3;2H2;1H3;;1H2. The van der Waals surface area contributed by atoms with Crippen LogP contribution in [-0.2, 0) is 41.4 Å². The van der Waals surface area contributed by atoms with Crippen LogP contribution in [0.3, 0.4) is 0 Å². The first-order chi connectivity index (χ1) is 9.08. The zero-order valence-corrected chi connectivity index (χ0v) is 20.3. The van der Waals surface area contributed by atoms with Crippen LogP contribution < -0.4 is 0 Å². The normalized spacial score (nSPS) is 4.67. The third kappa shape index (κ3) is 154. The molecule has 0 saturated carbocycles. The minimum Gasteiger partial charge on any atom is -0.469 e. The number of hydrogen-bond donors (Lipinski definition) is 2. The van der Waals surface area contributed by atoms with E-state index >= 15 is 0 Å². The van der Waals surface area contributed by atoms with Crippen molar-refractivity contribution in [2.75, 3.05) is 35.5 Å². The molecule has 13 heteroatoms. The van der Waals surface area contributed by atoms with Crippen LogP contribution in [0.2, 0.25) is 0 Å². The lowest BCUT2D eigenvalue weighted by atomic mass is 10.8. The molecule has 0 aliphatic carbocycles. The Morgan fingerprint density at radius 2 is 1.05 bits per heavy atom. The van der Waals surface area contributed by atoms with Crippen molar-refractivity contribution < 1.29 is 34.0 Å². The van der Waals surface area contributed by atoms with Crippen LogP contribution in [0.15, 0.2) is 0 Å². The van der Waals surface area contributed by atoms with Crippen LogP contribution in [0, 0.1) is 0 Å². The van der Waals surface area contributed by atoms with Crippen molar-refractivity contribution in [2.45, 2.75) is 6.92 Å². The van der Waals surface area contributed by atoms with Crippen molar-refractivity contribution in [2.24, 2.45) is 0 Å². The molecule has 0 amide bonds. The summed E-state index contributed by atoms with van der Waals surface area (Å²) in [4.78, 5) is 19.3. The van der Waals surface area contributed by atoms with E-state index in [4.69, 9.17) is 10.2 Å². The summed E-state index contributed by atoms with van der Waals surface area (Å²) < 4.78 is 12.2. The Labute approximate surface area is 162 Å². The molecule has 7 nitrogen and oxygen atoms in total.